The summed E-state index contributed by atoms with van der Waals surface area (Å²) in [6.07, 6.45) is 1.84. The number of benzene rings is 1. The Bertz CT molecular complexity index is 488. The predicted octanol–water partition coefficient (Wildman–Crippen LogP) is 1.48. The molecule has 4 nitrogen and oxygen atoms in total. The van der Waals surface area contributed by atoms with Crippen molar-refractivity contribution in [2.24, 2.45) is 0 Å². The molecule has 2 aliphatic rings. The normalized spacial score (nSPS) is 27.7. The van der Waals surface area contributed by atoms with E-state index >= 15 is 0 Å². The van der Waals surface area contributed by atoms with E-state index in [1.807, 2.05) is 24.3 Å². The molecule has 0 spiro atoms. The van der Waals surface area contributed by atoms with Gasteiger partial charge in [0.25, 0.3) is 0 Å². The molecule has 0 radical (unpaired) electrons. The number of nitrogens with one attached hydrogen (secondary N) is 1. The largest absolute Gasteiger partial charge is 0.493 e. The summed E-state index contributed by atoms with van der Waals surface area (Å²) in [5, 5.41) is 13.3. The van der Waals surface area contributed by atoms with Crippen LogP contribution in [0.5, 0.6) is 5.75 Å². The Labute approximate surface area is 114 Å². The molecule has 0 amide bonds. The fourth-order valence-corrected chi connectivity index (χ4v) is 3.12. The molecule has 1 fully saturated rings. The first kappa shape index (κ1) is 12.5. The number of nitriles is 1. The molecule has 0 bridgehead atoms. The Morgan fingerprint density at radius 3 is 3.05 bits per heavy atom. The van der Waals surface area contributed by atoms with E-state index in [1.165, 1.54) is 0 Å². The average molecular weight is 257 g/mol. The third-order valence-corrected chi connectivity index (χ3v) is 4.12. The summed E-state index contributed by atoms with van der Waals surface area (Å²) in [6.45, 7) is 4.49. The molecule has 1 saturated heterocycles. The van der Waals surface area contributed by atoms with Crippen LogP contribution in [0.1, 0.15) is 18.4 Å². The van der Waals surface area contributed by atoms with Crippen LogP contribution in [0.4, 0.5) is 0 Å². The summed E-state index contributed by atoms with van der Waals surface area (Å²) in [4.78, 5) is 2.33. The molecule has 0 saturated carbocycles. The molecule has 1 aromatic rings. The minimum Gasteiger partial charge on any atom is -0.493 e. The number of nitrogens with zero attached hydrogens (tertiary/aromatic N) is 2. The molecule has 0 aromatic heterocycles. The summed E-state index contributed by atoms with van der Waals surface area (Å²) >= 11 is 0. The molecule has 1 aromatic carbocycles. The Balaban J connectivity index is 2.02. The van der Waals surface area contributed by atoms with Crippen LogP contribution >= 0.6 is 0 Å². The van der Waals surface area contributed by atoms with Gasteiger partial charge in [0, 0.05) is 31.6 Å². The van der Waals surface area contributed by atoms with Gasteiger partial charge in [-0.05, 0) is 19.0 Å². The van der Waals surface area contributed by atoms with Gasteiger partial charge in [-0.1, -0.05) is 18.2 Å². The third-order valence-electron chi connectivity index (χ3n) is 4.12. The van der Waals surface area contributed by atoms with E-state index in [1.54, 1.807) is 0 Å². The first-order valence-corrected chi connectivity index (χ1v) is 6.96. The summed E-state index contributed by atoms with van der Waals surface area (Å²) in [6, 6.07) is 10.6. The molecule has 2 aliphatic heterocycles. The molecule has 0 aliphatic carbocycles. The fourth-order valence-electron chi connectivity index (χ4n) is 3.12. The topological polar surface area (TPSA) is 48.3 Å². The van der Waals surface area contributed by atoms with Gasteiger partial charge in [0.1, 0.15) is 11.3 Å². The van der Waals surface area contributed by atoms with Crippen molar-refractivity contribution in [3.8, 4) is 11.8 Å². The monoisotopic (exact) mass is 257 g/mol. The van der Waals surface area contributed by atoms with E-state index < -0.39 is 5.54 Å². The smallest absolute Gasteiger partial charge is 0.141 e. The van der Waals surface area contributed by atoms with Crippen LogP contribution in [0.25, 0.3) is 0 Å². The van der Waals surface area contributed by atoms with Crippen LogP contribution in [-0.2, 0) is 5.54 Å². The number of hydrogen-bond acceptors (Lipinski definition) is 4. The van der Waals surface area contributed by atoms with Crippen molar-refractivity contribution in [2.45, 2.75) is 18.4 Å². The second-order valence-corrected chi connectivity index (χ2v) is 5.16. The quantitative estimate of drug-likeness (QED) is 0.828. The van der Waals surface area contributed by atoms with E-state index in [2.05, 4.69) is 16.3 Å². The number of rotatable bonds is 1. The number of hydrogen-bond donors (Lipinski definition) is 1. The highest BCUT2D eigenvalue weighted by molar-refractivity contribution is 5.45. The van der Waals surface area contributed by atoms with Crippen molar-refractivity contribution in [3.63, 3.8) is 0 Å². The van der Waals surface area contributed by atoms with Gasteiger partial charge in [-0.3, -0.25) is 4.90 Å². The Morgan fingerprint density at radius 1 is 1.26 bits per heavy atom. The molecule has 4 heteroatoms. The van der Waals surface area contributed by atoms with Crippen molar-refractivity contribution in [2.75, 3.05) is 32.8 Å². The molecule has 100 valence electrons. The number of ether oxygens (including phenoxy) is 1. The average Bonchev–Trinajstić information content (AvgIpc) is 2.76. The minimum atomic E-state index is -0.513. The first-order valence-electron chi connectivity index (χ1n) is 6.96. The predicted molar refractivity (Wildman–Crippen MR) is 72.9 cm³/mol. The van der Waals surface area contributed by atoms with Crippen LogP contribution in [0, 0.1) is 11.3 Å². The van der Waals surface area contributed by atoms with Gasteiger partial charge in [-0.15, -0.1) is 0 Å². The number of para-hydroxylation sites is 1. The lowest BCUT2D eigenvalue weighted by atomic mass is 9.84. The highest BCUT2D eigenvalue weighted by Gasteiger charge is 2.43. The van der Waals surface area contributed by atoms with Gasteiger partial charge in [-0.2, -0.15) is 5.26 Å². The summed E-state index contributed by atoms with van der Waals surface area (Å²) < 4.78 is 5.71. The molecule has 1 atom stereocenters. The second kappa shape index (κ2) is 5.20. The third kappa shape index (κ3) is 2.09. The maximum Gasteiger partial charge on any atom is 0.141 e. The van der Waals surface area contributed by atoms with E-state index in [9.17, 15) is 5.26 Å². The lowest BCUT2D eigenvalue weighted by Gasteiger charge is -2.41. The SMILES string of the molecule is N#CC1(N2CCCNCC2)CCOc2ccccc21. The van der Waals surface area contributed by atoms with Gasteiger partial charge in [0.2, 0.25) is 0 Å². The second-order valence-electron chi connectivity index (χ2n) is 5.16. The molecule has 19 heavy (non-hydrogen) atoms. The summed E-state index contributed by atoms with van der Waals surface area (Å²) in [7, 11) is 0. The van der Waals surface area contributed by atoms with Crippen molar-refractivity contribution in [1.29, 1.82) is 5.26 Å². The molecular formula is C15H19N3O. The van der Waals surface area contributed by atoms with Gasteiger partial charge in [0.05, 0.1) is 12.7 Å². The lowest BCUT2D eigenvalue weighted by Crippen LogP contribution is -2.49. The Morgan fingerprint density at radius 2 is 2.16 bits per heavy atom. The van der Waals surface area contributed by atoms with Crippen molar-refractivity contribution in [1.82, 2.24) is 10.2 Å². The Kier molecular flexibility index (Phi) is 3.41. The fraction of sp³-hybridized carbons (Fsp3) is 0.533. The van der Waals surface area contributed by atoms with Gasteiger partial charge in [-0.25, -0.2) is 0 Å². The van der Waals surface area contributed by atoms with Crippen LogP contribution in [0.15, 0.2) is 24.3 Å². The zero-order valence-corrected chi connectivity index (χ0v) is 11.1. The standard InChI is InChI=1S/C15H19N3O/c16-12-15(18-9-3-7-17-8-10-18)6-11-19-14-5-2-1-4-13(14)15/h1-2,4-5,17H,3,6-11H2. The van der Waals surface area contributed by atoms with Crippen LogP contribution in [0.3, 0.4) is 0 Å². The van der Waals surface area contributed by atoms with Crippen LogP contribution < -0.4 is 10.1 Å². The maximum absolute atomic E-state index is 9.86. The van der Waals surface area contributed by atoms with E-state index in [0.717, 1.165) is 50.3 Å². The van der Waals surface area contributed by atoms with E-state index in [-0.39, 0.29) is 0 Å². The van der Waals surface area contributed by atoms with Crippen LogP contribution in [-0.4, -0.2) is 37.7 Å². The van der Waals surface area contributed by atoms with Gasteiger partial charge < -0.3 is 10.1 Å². The first-order chi connectivity index (χ1) is 9.37. The maximum atomic E-state index is 9.86. The number of fused-ring (bicyclic) bond motifs is 1. The summed E-state index contributed by atoms with van der Waals surface area (Å²) in [5.41, 5.74) is 0.520. The highest BCUT2D eigenvalue weighted by Crippen LogP contribution is 2.41. The highest BCUT2D eigenvalue weighted by atomic mass is 16.5. The Hall–Kier alpha value is -1.57. The molecule has 1 N–H and O–H groups in total. The molecule has 2 heterocycles. The van der Waals surface area contributed by atoms with Gasteiger partial charge in [0.15, 0.2) is 0 Å². The zero-order valence-electron chi connectivity index (χ0n) is 11.1. The molecule has 1 unspecified atom stereocenters. The van der Waals surface area contributed by atoms with Crippen molar-refractivity contribution < 1.29 is 4.74 Å². The lowest BCUT2D eigenvalue weighted by molar-refractivity contribution is 0.0927. The summed E-state index contributed by atoms with van der Waals surface area (Å²) in [5.74, 6) is 0.868. The van der Waals surface area contributed by atoms with Gasteiger partial charge >= 0.3 is 0 Å². The minimum absolute atomic E-state index is 0.513. The van der Waals surface area contributed by atoms with Crippen LogP contribution in [0.2, 0.25) is 0 Å². The molecule has 3 rings (SSSR count). The van der Waals surface area contributed by atoms with Crippen molar-refractivity contribution >= 4 is 0 Å². The molecular weight excluding hydrogens is 238 g/mol. The van der Waals surface area contributed by atoms with E-state index in [4.69, 9.17) is 4.74 Å². The van der Waals surface area contributed by atoms with Crippen molar-refractivity contribution in [3.05, 3.63) is 29.8 Å². The van der Waals surface area contributed by atoms with E-state index in [0.29, 0.717) is 6.61 Å². The zero-order chi connectivity index (χ0) is 13.1.